The van der Waals surface area contributed by atoms with E-state index in [2.05, 4.69) is 76.7 Å². The number of nitrogens with one attached hydrogen (secondary N) is 4. The number of hydrogen-bond donors (Lipinski definition) is 4. The maximum Gasteiger partial charge on any atom is 0.255 e. The summed E-state index contributed by atoms with van der Waals surface area (Å²) in [4.78, 5) is 55.3. The van der Waals surface area contributed by atoms with Gasteiger partial charge in [-0.3, -0.25) is 24.5 Å². The van der Waals surface area contributed by atoms with Crippen molar-refractivity contribution in [2.75, 3.05) is 88.8 Å². The molecule has 0 radical (unpaired) electrons. The molecule has 2 fully saturated rings. The Hall–Kier alpha value is -5.98. The Balaban J connectivity index is 0.836. The van der Waals surface area contributed by atoms with E-state index in [1.807, 2.05) is 24.3 Å². The number of hydrogen-bond acceptors (Lipinski definition) is 13. The summed E-state index contributed by atoms with van der Waals surface area (Å²) in [5.74, 6) is 7.70. The van der Waals surface area contributed by atoms with Crippen LogP contribution in [0.3, 0.4) is 0 Å². The molecular formula is C49H59ClN11O5P. The SMILES string of the molecule is CCc1cc(Nc2ncc(Cl)c(Nc3ccc4[nH]ncc4c3P(C)(C)=O)n2)c(OC)cc1N1CCC(N2CCN(CCC#Cc3cccc4c3CN(C(C=O)CCC(=O)NC)C4=O)CC2)CC1. The lowest BCUT2D eigenvalue weighted by molar-refractivity contribution is -0.121. The number of benzene rings is 3. The molecule has 0 aliphatic carbocycles. The van der Waals surface area contributed by atoms with Crippen molar-refractivity contribution >= 4 is 81.9 Å². The van der Waals surface area contributed by atoms with E-state index >= 15 is 0 Å². The Kier molecular flexibility index (Phi) is 14.8. The molecule has 5 heterocycles. The van der Waals surface area contributed by atoms with E-state index in [1.54, 1.807) is 50.8 Å². The van der Waals surface area contributed by atoms with E-state index < -0.39 is 13.2 Å². The van der Waals surface area contributed by atoms with Crippen LogP contribution in [0.1, 0.15) is 66.1 Å². The Labute approximate surface area is 396 Å². The van der Waals surface area contributed by atoms with E-state index in [0.717, 1.165) is 105 Å². The maximum absolute atomic E-state index is 13.4. The van der Waals surface area contributed by atoms with Gasteiger partial charge >= 0.3 is 0 Å². The number of methoxy groups -OCH3 is 1. The summed E-state index contributed by atoms with van der Waals surface area (Å²) in [7, 11) is 0.498. The topological polar surface area (TPSA) is 181 Å². The fraction of sp³-hybridized carbons (Fsp3) is 0.429. The van der Waals surface area contributed by atoms with E-state index in [-0.39, 0.29) is 24.7 Å². The third kappa shape index (κ3) is 10.6. The van der Waals surface area contributed by atoms with Crippen molar-refractivity contribution in [3.8, 4) is 17.6 Å². The molecule has 3 aliphatic heterocycles. The minimum Gasteiger partial charge on any atom is -0.494 e. The maximum atomic E-state index is 13.4. The molecule has 2 saturated heterocycles. The molecule has 18 heteroatoms. The standard InChI is InChI=1S/C49H59ClN11O5P/c1-6-32-26-42(55-49-52-29-39(50)47(56-49)54-41-15-14-40-37(28-53-57-40)46(41)67(4,5)65)44(66-3)27-43(32)60-20-17-34(18-21-60)59-24-22-58(23-25-59)19-8-7-10-33-11-9-12-36-38(33)30-61(48(36)64)35(31-62)13-16-45(63)51-2/h9,11-12,14-15,26-29,31,34-35H,6,8,13,16-25,30H2,1-5H3,(H,51,63)(H,53,57)(H2,52,54,55,56). The molecule has 67 heavy (non-hydrogen) atoms. The van der Waals surface area contributed by atoms with Crippen molar-refractivity contribution in [2.24, 2.45) is 0 Å². The van der Waals surface area contributed by atoms with Crippen molar-refractivity contribution in [1.29, 1.82) is 0 Å². The number of aryl methyl sites for hydroxylation is 1. The van der Waals surface area contributed by atoms with Gasteiger partial charge in [-0.25, -0.2) is 4.98 Å². The fourth-order valence-electron chi connectivity index (χ4n) is 9.54. The molecule has 3 aliphatic rings. The van der Waals surface area contributed by atoms with Crippen molar-refractivity contribution in [3.63, 3.8) is 0 Å². The first-order valence-corrected chi connectivity index (χ1v) is 25.9. The second-order valence-corrected chi connectivity index (χ2v) is 21.2. The molecular weight excluding hydrogens is 889 g/mol. The molecule has 0 saturated carbocycles. The average Bonchev–Trinajstić information content (AvgIpc) is 3.95. The molecule has 5 aromatic rings. The summed E-state index contributed by atoms with van der Waals surface area (Å²) in [6, 6.07) is 13.4. The monoisotopic (exact) mass is 947 g/mol. The van der Waals surface area contributed by atoms with Crippen molar-refractivity contribution in [2.45, 2.75) is 64.1 Å². The average molecular weight is 949 g/mol. The number of aromatic nitrogens is 4. The number of piperazine rings is 1. The molecule has 352 valence electrons. The molecule has 0 bridgehead atoms. The summed E-state index contributed by atoms with van der Waals surface area (Å²) in [5, 5.41) is 18.1. The lowest BCUT2D eigenvalue weighted by Crippen LogP contribution is -2.53. The van der Waals surface area contributed by atoms with Crippen molar-refractivity contribution in [3.05, 3.63) is 82.1 Å². The number of nitrogens with zero attached hydrogens (tertiary/aromatic N) is 7. The normalized spacial score (nSPS) is 16.4. The molecule has 1 unspecified atom stereocenters. The van der Waals surface area contributed by atoms with Crippen LogP contribution < -0.4 is 30.9 Å². The Morgan fingerprint density at radius 1 is 1.06 bits per heavy atom. The number of rotatable bonds is 16. The van der Waals surface area contributed by atoms with Gasteiger partial charge in [-0.1, -0.05) is 36.4 Å². The molecule has 0 spiro atoms. The number of carbonyl (C=O) groups excluding carboxylic acids is 3. The second kappa shape index (κ2) is 20.9. The molecule has 2 amide bonds. The van der Waals surface area contributed by atoms with Gasteiger partial charge in [-0.15, -0.1) is 0 Å². The largest absolute Gasteiger partial charge is 0.494 e. The van der Waals surface area contributed by atoms with Gasteiger partial charge in [0.25, 0.3) is 5.91 Å². The summed E-state index contributed by atoms with van der Waals surface area (Å²) in [6.45, 7) is 12.8. The number of halogens is 1. The van der Waals surface area contributed by atoms with Gasteiger partial charge in [0.2, 0.25) is 11.9 Å². The number of ether oxygens (including phenoxy) is 1. The third-order valence-electron chi connectivity index (χ3n) is 13.2. The zero-order chi connectivity index (χ0) is 47.2. The lowest BCUT2D eigenvalue weighted by Gasteiger charge is -2.43. The van der Waals surface area contributed by atoms with Crippen LogP contribution in [0, 0.1) is 11.8 Å². The predicted octanol–water partition coefficient (Wildman–Crippen LogP) is 6.39. The van der Waals surface area contributed by atoms with E-state index in [0.29, 0.717) is 51.7 Å². The number of aromatic amines is 1. The lowest BCUT2D eigenvalue weighted by atomic mass is 9.99. The number of piperidine rings is 1. The predicted molar refractivity (Wildman–Crippen MR) is 265 cm³/mol. The van der Waals surface area contributed by atoms with Crippen LogP contribution in [0.2, 0.25) is 5.02 Å². The molecule has 1 atom stereocenters. The highest BCUT2D eigenvalue weighted by molar-refractivity contribution is 7.71. The summed E-state index contributed by atoms with van der Waals surface area (Å²) < 4.78 is 19.4. The van der Waals surface area contributed by atoms with Gasteiger partial charge in [0, 0.05) is 112 Å². The van der Waals surface area contributed by atoms with Crippen LogP contribution in [-0.4, -0.2) is 138 Å². The van der Waals surface area contributed by atoms with Crippen LogP contribution in [0.4, 0.5) is 28.8 Å². The third-order valence-corrected chi connectivity index (χ3v) is 15.0. The fourth-order valence-corrected chi connectivity index (χ4v) is 11.1. The van der Waals surface area contributed by atoms with Crippen molar-refractivity contribution < 1.29 is 23.7 Å². The number of H-pyrrole nitrogens is 1. The number of carbonyl (C=O) groups is 3. The number of amides is 2. The minimum atomic E-state index is -2.73. The van der Waals surface area contributed by atoms with Gasteiger partial charge in [-0.2, -0.15) is 10.1 Å². The highest BCUT2D eigenvalue weighted by atomic mass is 35.5. The van der Waals surface area contributed by atoms with Gasteiger partial charge < -0.3 is 39.8 Å². The quantitative estimate of drug-likeness (QED) is 0.0486. The second-order valence-electron chi connectivity index (χ2n) is 17.6. The molecule has 2 aromatic heterocycles. The molecule has 3 aromatic carbocycles. The highest BCUT2D eigenvalue weighted by Crippen LogP contribution is 2.42. The summed E-state index contributed by atoms with van der Waals surface area (Å²) in [5.41, 5.74) is 6.79. The highest BCUT2D eigenvalue weighted by Gasteiger charge is 2.34. The zero-order valence-corrected chi connectivity index (χ0v) is 40.5. The Bertz CT molecular complexity index is 2750. The van der Waals surface area contributed by atoms with Gasteiger partial charge in [0.05, 0.1) is 42.4 Å². The van der Waals surface area contributed by atoms with Crippen LogP contribution >= 0.6 is 18.7 Å². The van der Waals surface area contributed by atoms with E-state index in [4.69, 9.17) is 21.3 Å². The van der Waals surface area contributed by atoms with Gasteiger partial charge in [-0.05, 0) is 80.5 Å². The van der Waals surface area contributed by atoms with Crippen LogP contribution in [-0.2, 0) is 27.1 Å². The van der Waals surface area contributed by atoms with Crippen LogP contribution in [0.25, 0.3) is 10.9 Å². The first-order valence-electron chi connectivity index (χ1n) is 23.0. The van der Waals surface area contributed by atoms with Crippen LogP contribution in [0.5, 0.6) is 5.75 Å². The number of anilines is 5. The van der Waals surface area contributed by atoms with Gasteiger partial charge in [0.15, 0.2) is 5.82 Å². The smallest absolute Gasteiger partial charge is 0.255 e. The first-order chi connectivity index (χ1) is 32.4. The summed E-state index contributed by atoms with van der Waals surface area (Å²) in [6.07, 6.45) is 8.15. The zero-order valence-electron chi connectivity index (χ0n) is 38.8. The minimum absolute atomic E-state index is 0.159. The van der Waals surface area contributed by atoms with Crippen molar-refractivity contribution in [1.82, 2.24) is 40.2 Å². The molecule has 8 rings (SSSR count). The van der Waals surface area contributed by atoms with E-state index in [1.165, 1.54) is 11.3 Å². The Morgan fingerprint density at radius 2 is 1.85 bits per heavy atom. The summed E-state index contributed by atoms with van der Waals surface area (Å²) >= 11 is 6.61. The molecule has 4 N–H and O–H groups in total. The van der Waals surface area contributed by atoms with E-state index in [9.17, 15) is 18.9 Å². The molecule has 16 nitrogen and oxygen atoms in total. The first kappa shape index (κ1) is 47.5. The number of fused-ring (bicyclic) bond motifs is 2. The van der Waals surface area contributed by atoms with Gasteiger partial charge in [0.1, 0.15) is 24.2 Å². The van der Waals surface area contributed by atoms with Crippen LogP contribution in [0.15, 0.2) is 54.9 Å². The Morgan fingerprint density at radius 3 is 2.57 bits per heavy atom. The number of aldehydes is 1.